The van der Waals surface area contributed by atoms with Crippen molar-refractivity contribution < 1.29 is 8.81 Å². The SMILES string of the molecule is O=c1cc2n(Cc3ccc(Cl)nc3)ccc(F)c-2o1. The van der Waals surface area contributed by atoms with Gasteiger partial charge < -0.3 is 8.98 Å². The fraction of sp³-hybridized carbons (Fsp3) is 0.0769. The fourth-order valence-electron chi connectivity index (χ4n) is 1.89. The van der Waals surface area contributed by atoms with Crippen LogP contribution in [-0.2, 0) is 6.54 Å². The van der Waals surface area contributed by atoms with Gasteiger partial charge in [-0.1, -0.05) is 17.7 Å². The molecule has 0 radical (unpaired) electrons. The van der Waals surface area contributed by atoms with Gasteiger partial charge in [-0.3, -0.25) is 0 Å². The lowest BCUT2D eigenvalue weighted by Crippen LogP contribution is -2.05. The monoisotopic (exact) mass is 278 g/mol. The lowest BCUT2D eigenvalue weighted by molar-refractivity contribution is 0.496. The summed E-state index contributed by atoms with van der Waals surface area (Å²) >= 11 is 5.71. The summed E-state index contributed by atoms with van der Waals surface area (Å²) in [6.07, 6.45) is 3.18. The Morgan fingerprint density at radius 1 is 1.37 bits per heavy atom. The van der Waals surface area contributed by atoms with E-state index in [2.05, 4.69) is 4.98 Å². The number of rotatable bonds is 2. The van der Waals surface area contributed by atoms with Crippen LogP contribution in [-0.4, -0.2) is 9.55 Å². The summed E-state index contributed by atoms with van der Waals surface area (Å²) < 4.78 is 20.0. The minimum absolute atomic E-state index is 0.0329. The van der Waals surface area contributed by atoms with Gasteiger partial charge in [-0.15, -0.1) is 0 Å². The van der Waals surface area contributed by atoms with E-state index in [9.17, 15) is 9.18 Å². The second kappa shape index (κ2) is 4.51. The van der Waals surface area contributed by atoms with E-state index in [-0.39, 0.29) is 5.76 Å². The molecule has 0 spiro atoms. The Kier molecular flexibility index (Phi) is 2.83. The number of furan rings is 1. The Hall–Kier alpha value is -2.14. The Bertz CT molecular complexity index is 748. The van der Waals surface area contributed by atoms with Crippen LogP contribution in [0.4, 0.5) is 4.39 Å². The summed E-state index contributed by atoms with van der Waals surface area (Å²) in [4.78, 5) is 15.2. The first-order chi connectivity index (χ1) is 9.13. The molecule has 0 saturated heterocycles. The summed E-state index contributed by atoms with van der Waals surface area (Å²) in [6, 6.07) is 6.01. The molecule has 2 aliphatic rings. The number of hydrogen-bond acceptors (Lipinski definition) is 3. The second-order valence-electron chi connectivity index (χ2n) is 4.06. The Morgan fingerprint density at radius 2 is 2.21 bits per heavy atom. The fourth-order valence-corrected chi connectivity index (χ4v) is 2.00. The zero-order chi connectivity index (χ0) is 13.4. The first kappa shape index (κ1) is 11.9. The zero-order valence-corrected chi connectivity index (χ0v) is 10.4. The minimum atomic E-state index is -0.567. The van der Waals surface area contributed by atoms with E-state index in [1.165, 1.54) is 12.1 Å². The van der Waals surface area contributed by atoms with Gasteiger partial charge in [0.15, 0.2) is 11.6 Å². The maximum atomic E-state index is 13.5. The van der Waals surface area contributed by atoms with Crippen LogP contribution in [0.5, 0.6) is 0 Å². The number of nitrogens with zero attached hydrogens (tertiary/aromatic N) is 2. The highest BCUT2D eigenvalue weighted by atomic mass is 35.5. The van der Waals surface area contributed by atoms with Crippen molar-refractivity contribution in [2.75, 3.05) is 0 Å². The third kappa shape index (κ3) is 2.24. The molecule has 1 aromatic heterocycles. The second-order valence-corrected chi connectivity index (χ2v) is 4.45. The van der Waals surface area contributed by atoms with Crippen molar-refractivity contribution >= 4 is 11.6 Å². The molecule has 0 fully saturated rings. The van der Waals surface area contributed by atoms with Crippen LogP contribution < -0.4 is 5.63 Å². The number of halogens is 2. The molecule has 0 amide bonds. The molecule has 0 N–H and O–H groups in total. The van der Waals surface area contributed by atoms with Crippen LogP contribution in [0.1, 0.15) is 5.56 Å². The van der Waals surface area contributed by atoms with Crippen molar-refractivity contribution in [1.82, 2.24) is 9.55 Å². The van der Waals surface area contributed by atoms with E-state index in [4.69, 9.17) is 16.0 Å². The molecular formula is C13H8ClFN2O2. The van der Waals surface area contributed by atoms with Crippen LogP contribution in [0.3, 0.4) is 0 Å². The van der Waals surface area contributed by atoms with Gasteiger partial charge in [-0.05, 0) is 17.7 Å². The molecule has 96 valence electrons. The molecular weight excluding hydrogens is 271 g/mol. The van der Waals surface area contributed by atoms with Crippen molar-refractivity contribution in [2.45, 2.75) is 6.54 Å². The molecule has 0 bridgehead atoms. The Balaban J connectivity index is 2.04. The predicted octanol–water partition coefficient (Wildman–Crippen LogP) is 2.78. The van der Waals surface area contributed by atoms with Gasteiger partial charge in [0.25, 0.3) is 0 Å². The summed E-state index contributed by atoms with van der Waals surface area (Å²) in [5.74, 6) is -0.586. The number of hydrogen-bond donors (Lipinski definition) is 0. The van der Waals surface area contributed by atoms with Crippen LogP contribution >= 0.6 is 11.6 Å². The molecule has 1 aromatic rings. The van der Waals surface area contributed by atoms with Gasteiger partial charge in [0.2, 0.25) is 0 Å². The highest BCUT2D eigenvalue weighted by Gasteiger charge is 2.17. The van der Waals surface area contributed by atoms with Gasteiger partial charge >= 0.3 is 5.63 Å². The standard InChI is InChI=1S/C13H8ClFN2O2/c14-11-2-1-8(6-16-11)7-17-4-3-9(15)13-10(17)5-12(18)19-13/h1-6H,7H2. The summed E-state index contributed by atoms with van der Waals surface area (Å²) in [5.41, 5.74) is 0.735. The first-order valence-electron chi connectivity index (χ1n) is 5.52. The lowest BCUT2D eigenvalue weighted by atomic mass is 10.2. The van der Waals surface area contributed by atoms with Crippen molar-refractivity contribution in [3.8, 4) is 11.5 Å². The highest BCUT2D eigenvalue weighted by Crippen LogP contribution is 2.24. The van der Waals surface area contributed by atoms with Crippen LogP contribution in [0, 0.1) is 5.82 Å². The highest BCUT2D eigenvalue weighted by molar-refractivity contribution is 6.29. The number of fused-ring (bicyclic) bond motifs is 1. The van der Waals surface area contributed by atoms with Crippen LogP contribution in [0.25, 0.3) is 11.5 Å². The molecule has 2 aliphatic heterocycles. The van der Waals surface area contributed by atoms with E-state index in [0.29, 0.717) is 17.4 Å². The molecule has 19 heavy (non-hydrogen) atoms. The maximum absolute atomic E-state index is 13.5. The summed E-state index contributed by atoms with van der Waals surface area (Å²) in [5, 5.41) is 0.406. The van der Waals surface area contributed by atoms with E-state index in [1.807, 2.05) is 6.07 Å². The Morgan fingerprint density at radius 3 is 2.95 bits per heavy atom. The Labute approximate surface area is 112 Å². The number of pyridine rings is 2. The first-order valence-corrected chi connectivity index (χ1v) is 5.90. The van der Waals surface area contributed by atoms with E-state index in [1.54, 1.807) is 23.0 Å². The summed E-state index contributed by atoms with van der Waals surface area (Å²) in [7, 11) is 0. The predicted molar refractivity (Wildman–Crippen MR) is 67.9 cm³/mol. The molecule has 0 aromatic carbocycles. The molecule has 0 atom stereocenters. The largest absolute Gasteiger partial charge is 0.418 e. The van der Waals surface area contributed by atoms with Crippen molar-refractivity contribution in [2.24, 2.45) is 0 Å². The smallest absolute Gasteiger partial charge is 0.338 e. The van der Waals surface area contributed by atoms with Gasteiger partial charge in [-0.2, -0.15) is 0 Å². The molecule has 4 nitrogen and oxygen atoms in total. The van der Waals surface area contributed by atoms with Crippen LogP contribution in [0.15, 0.2) is 45.9 Å². The molecule has 6 heteroatoms. The van der Waals surface area contributed by atoms with Crippen molar-refractivity contribution in [3.05, 3.63) is 63.6 Å². The zero-order valence-electron chi connectivity index (χ0n) is 9.64. The molecule has 3 heterocycles. The average Bonchev–Trinajstić information content (AvgIpc) is 2.78. The normalized spacial score (nSPS) is 11.1. The third-order valence-corrected chi connectivity index (χ3v) is 2.98. The van der Waals surface area contributed by atoms with E-state index in [0.717, 1.165) is 5.56 Å². The maximum Gasteiger partial charge on any atom is 0.338 e. The molecule has 3 rings (SSSR count). The molecule has 0 saturated carbocycles. The minimum Gasteiger partial charge on any atom is -0.418 e. The number of aromatic nitrogens is 2. The van der Waals surface area contributed by atoms with Gasteiger partial charge in [-0.25, -0.2) is 14.2 Å². The average molecular weight is 279 g/mol. The van der Waals surface area contributed by atoms with Gasteiger partial charge in [0.05, 0.1) is 11.8 Å². The van der Waals surface area contributed by atoms with Crippen LogP contribution in [0.2, 0.25) is 5.15 Å². The summed E-state index contributed by atoms with van der Waals surface area (Å²) in [6.45, 7) is 0.444. The molecule has 0 aliphatic carbocycles. The van der Waals surface area contributed by atoms with Crippen molar-refractivity contribution in [3.63, 3.8) is 0 Å². The quantitative estimate of drug-likeness (QED) is 0.677. The lowest BCUT2D eigenvalue weighted by Gasteiger charge is -2.11. The topological polar surface area (TPSA) is 48.0 Å². The van der Waals surface area contributed by atoms with Crippen molar-refractivity contribution in [1.29, 1.82) is 0 Å². The molecule has 0 unspecified atom stereocenters. The van der Waals surface area contributed by atoms with Gasteiger partial charge in [0.1, 0.15) is 5.15 Å². The van der Waals surface area contributed by atoms with Gasteiger partial charge in [0, 0.05) is 18.9 Å². The van der Waals surface area contributed by atoms with E-state index >= 15 is 0 Å². The van der Waals surface area contributed by atoms with E-state index < -0.39 is 11.4 Å². The third-order valence-electron chi connectivity index (χ3n) is 2.76.